The van der Waals surface area contributed by atoms with Crippen molar-refractivity contribution in [1.29, 1.82) is 0 Å². The van der Waals surface area contributed by atoms with Gasteiger partial charge in [0.1, 0.15) is 11.5 Å². The highest BCUT2D eigenvalue weighted by molar-refractivity contribution is 6.01. The first kappa shape index (κ1) is 12.5. The van der Waals surface area contributed by atoms with Crippen molar-refractivity contribution in [1.82, 2.24) is 9.88 Å². The number of hydrogen-bond donors (Lipinski definition) is 0. The number of morpholine rings is 1. The maximum atomic E-state index is 12.1. The molecule has 1 saturated heterocycles. The lowest BCUT2D eigenvalue weighted by Crippen LogP contribution is -2.41. The topological polar surface area (TPSA) is 59.5 Å². The molecule has 0 aromatic carbocycles. The lowest BCUT2D eigenvalue weighted by molar-refractivity contribution is -0.131. The predicted octanol–water partition coefficient (Wildman–Crippen LogP) is 0.241. The molecule has 1 amide bonds. The lowest BCUT2D eigenvalue weighted by atomic mass is 10.1. The van der Waals surface area contributed by atoms with E-state index in [1.54, 1.807) is 29.2 Å². The first-order chi connectivity index (χ1) is 8.81. The average molecular weight is 246 g/mol. The summed E-state index contributed by atoms with van der Waals surface area (Å²) in [6.07, 6.45) is 1.86. The van der Waals surface area contributed by atoms with Crippen molar-refractivity contribution >= 4 is 11.8 Å². The van der Waals surface area contributed by atoms with Crippen LogP contribution < -0.4 is 0 Å². The Labute approximate surface area is 105 Å². The van der Waals surface area contributed by atoms with Gasteiger partial charge < -0.3 is 9.64 Å². The van der Waals surface area contributed by atoms with E-state index >= 15 is 0 Å². The molecule has 2 heterocycles. The fourth-order valence-corrected chi connectivity index (χ4v) is 1.80. The van der Waals surface area contributed by atoms with Gasteiger partial charge in [-0.1, -0.05) is 6.07 Å². The van der Waals surface area contributed by atoms with Crippen LogP contribution in [0, 0.1) is 0 Å². The molecule has 18 heavy (non-hydrogen) atoms. The molecule has 0 radical (unpaired) electrons. The molecule has 0 N–H and O–H groups in total. The van der Waals surface area contributed by atoms with E-state index in [0.29, 0.717) is 32.0 Å². The minimum Gasteiger partial charge on any atom is -0.378 e. The monoisotopic (exact) mass is 246 g/mol. The summed E-state index contributed by atoms with van der Waals surface area (Å²) in [5.74, 6) is 1.48. The number of amides is 1. The van der Waals surface area contributed by atoms with Gasteiger partial charge in [-0.25, -0.2) is 4.79 Å². The maximum absolute atomic E-state index is 12.1. The highest BCUT2D eigenvalue weighted by Gasteiger charge is 2.21. The first-order valence-electron chi connectivity index (χ1n) is 5.82. The standard InChI is InChI=1S/C13H14N2O3/c16-10-11(9-12-3-1-2-4-14-12)13(17)15-5-7-18-8-6-15/h1-4H,5-9H2. The number of pyridine rings is 1. The first-order valence-corrected chi connectivity index (χ1v) is 5.82. The van der Waals surface area contributed by atoms with Crippen LogP contribution in [0.5, 0.6) is 0 Å². The van der Waals surface area contributed by atoms with Gasteiger partial charge in [-0.05, 0) is 12.1 Å². The molecule has 1 aromatic heterocycles. The van der Waals surface area contributed by atoms with Crippen LogP contribution in [0.4, 0.5) is 0 Å². The zero-order valence-electron chi connectivity index (χ0n) is 9.96. The Kier molecular flexibility index (Phi) is 4.23. The van der Waals surface area contributed by atoms with Crippen molar-refractivity contribution in [3.05, 3.63) is 35.7 Å². The molecule has 0 aliphatic carbocycles. The molecule has 0 saturated carbocycles. The third kappa shape index (κ3) is 3.03. The summed E-state index contributed by atoms with van der Waals surface area (Å²) in [5.41, 5.74) is 0.813. The molecule has 1 fully saturated rings. The van der Waals surface area contributed by atoms with Gasteiger partial charge in [0.05, 0.1) is 13.2 Å². The third-order valence-corrected chi connectivity index (χ3v) is 2.76. The second-order valence-electron chi connectivity index (χ2n) is 3.98. The Morgan fingerprint density at radius 3 is 2.78 bits per heavy atom. The number of carbonyl (C=O) groups is 1. The van der Waals surface area contributed by atoms with Gasteiger partial charge in [-0.15, -0.1) is 0 Å². The number of ether oxygens (including phenoxy) is 1. The summed E-state index contributed by atoms with van der Waals surface area (Å²) in [4.78, 5) is 28.7. The van der Waals surface area contributed by atoms with Crippen LogP contribution in [0.1, 0.15) is 5.69 Å². The molecule has 1 aromatic rings. The van der Waals surface area contributed by atoms with Crippen LogP contribution in [0.25, 0.3) is 0 Å². The highest BCUT2D eigenvalue weighted by atomic mass is 16.5. The quantitative estimate of drug-likeness (QED) is 0.566. The van der Waals surface area contributed by atoms with E-state index in [4.69, 9.17) is 4.74 Å². The molecule has 0 spiro atoms. The number of hydrogen-bond acceptors (Lipinski definition) is 4. The van der Waals surface area contributed by atoms with Crippen molar-refractivity contribution in [3.8, 4) is 0 Å². The van der Waals surface area contributed by atoms with Gasteiger partial charge in [0.15, 0.2) is 0 Å². The minimum absolute atomic E-state index is 0.121. The Morgan fingerprint density at radius 2 is 2.17 bits per heavy atom. The molecule has 94 valence electrons. The number of aromatic nitrogens is 1. The Morgan fingerprint density at radius 1 is 1.39 bits per heavy atom. The van der Waals surface area contributed by atoms with E-state index in [1.165, 1.54) is 0 Å². The summed E-state index contributed by atoms with van der Waals surface area (Å²) in [5, 5.41) is 0. The van der Waals surface area contributed by atoms with E-state index < -0.39 is 0 Å². The Bertz CT molecular complexity index is 460. The van der Waals surface area contributed by atoms with Gasteiger partial charge in [-0.3, -0.25) is 9.78 Å². The highest BCUT2D eigenvalue weighted by Crippen LogP contribution is 2.08. The van der Waals surface area contributed by atoms with Gasteiger partial charge in [-0.2, -0.15) is 0 Å². The molecular weight excluding hydrogens is 232 g/mol. The van der Waals surface area contributed by atoms with Crippen LogP contribution in [0.15, 0.2) is 30.0 Å². The van der Waals surface area contributed by atoms with Crippen LogP contribution in [0.2, 0.25) is 0 Å². The van der Waals surface area contributed by atoms with Crippen molar-refractivity contribution in [2.75, 3.05) is 26.3 Å². The number of carbonyl (C=O) groups excluding carboxylic acids is 2. The fourth-order valence-electron chi connectivity index (χ4n) is 1.80. The fraction of sp³-hybridized carbons (Fsp3) is 0.385. The summed E-state index contributed by atoms with van der Waals surface area (Å²) >= 11 is 0. The number of rotatable bonds is 3. The van der Waals surface area contributed by atoms with E-state index in [2.05, 4.69) is 4.98 Å². The predicted molar refractivity (Wildman–Crippen MR) is 64.5 cm³/mol. The third-order valence-electron chi connectivity index (χ3n) is 2.76. The zero-order chi connectivity index (χ0) is 12.8. The van der Waals surface area contributed by atoms with E-state index in [1.807, 2.05) is 6.07 Å². The normalized spacial score (nSPS) is 15.0. The molecule has 5 nitrogen and oxygen atoms in total. The largest absolute Gasteiger partial charge is 0.378 e. The SMILES string of the molecule is O=C=C(Cc1ccccn1)C(=O)N1CCOCC1. The van der Waals surface area contributed by atoms with Crippen LogP contribution in [0.3, 0.4) is 0 Å². The zero-order valence-corrected chi connectivity index (χ0v) is 9.96. The molecule has 0 unspecified atom stereocenters. The molecule has 1 aliphatic rings. The van der Waals surface area contributed by atoms with Gasteiger partial charge >= 0.3 is 0 Å². The second-order valence-corrected chi connectivity index (χ2v) is 3.98. The van der Waals surface area contributed by atoms with E-state index in [9.17, 15) is 9.59 Å². The van der Waals surface area contributed by atoms with Crippen molar-refractivity contribution in [2.24, 2.45) is 0 Å². The smallest absolute Gasteiger partial charge is 0.261 e. The van der Waals surface area contributed by atoms with E-state index in [-0.39, 0.29) is 17.9 Å². The Hall–Kier alpha value is -1.97. The van der Waals surface area contributed by atoms with Crippen molar-refractivity contribution in [2.45, 2.75) is 6.42 Å². The lowest BCUT2D eigenvalue weighted by Gasteiger charge is -2.26. The molecule has 0 bridgehead atoms. The molecule has 5 heteroatoms. The van der Waals surface area contributed by atoms with Gasteiger partial charge in [0.25, 0.3) is 5.91 Å². The molecular formula is C13H14N2O3. The van der Waals surface area contributed by atoms with E-state index in [0.717, 1.165) is 0 Å². The summed E-state index contributed by atoms with van der Waals surface area (Å²) in [6.45, 7) is 2.07. The second kappa shape index (κ2) is 6.10. The van der Waals surface area contributed by atoms with Crippen LogP contribution in [-0.2, 0) is 20.7 Å². The number of nitrogens with zero attached hydrogens (tertiary/aromatic N) is 2. The van der Waals surface area contributed by atoms with Crippen molar-refractivity contribution in [3.63, 3.8) is 0 Å². The molecule has 1 aliphatic heterocycles. The maximum Gasteiger partial charge on any atom is 0.261 e. The van der Waals surface area contributed by atoms with Crippen molar-refractivity contribution < 1.29 is 14.3 Å². The summed E-state index contributed by atoms with van der Waals surface area (Å²) in [7, 11) is 0. The summed E-state index contributed by atoms with van der Waals surface area (Å²) in [6, 6.07) is 5.39. The minimum atomic E-state index is -0.265. The molecule has 2 rings (SSSR count). The van der Waals surface area contributed by atoms with Gasteiger partial charge in [0.2, 0.25) is 0 Å². The molecule has 0 atom stereocenters. The summed E-state index contributed by atoms with van der Waals surface area (Å²) < 4.78 is 5.17. The van der Waals surface area contributed by atoms with Gasteiger partial charge in [0, 0.05) is 31.4 Å². The van der Waals surface area contributed by atoms with Crippen LogP contribution in [-0.4, -0.2) is 48.0 Å². The Balaban J connectivity index is 2.05. The average Bonchev–Trinajstić information content (AvgIpc) is 2.46. The van der Waals surface area contributed by atoms with Crippen LogP contribution >= 0.6 is 0 Å².